The predicted octanol–water partition coefficient (Wildman–Crippen LogP) is 2.47. The number of hydrogen-bond acceptors (Lipinski definition) is 6. The van der Waals surface area contributed by atoms with E-state index in [9.17, 15) is 9.59 Å². The Morgan fingerprint density at radius 2 is 1.59 bits per heavy atom. The highest BCUT2D eigenvalue weighted by atomic mass is 16.5. The van der Waals surface area contributed by atoms with Gasteiger partial charge in [0.15, 0.2) is 0 Å². The second kappa shape index (κ2) is 9.52. The number of aromatic nitrogens is 4. The summed E-state index contributed by atoms with van der Waals surface area (Å²) >= 11 is 0. The molecule has 0 fully saturated rings. The molecule has 4 aromatic rings. The van der Waals surface area contributed by atoms with Gasteiger partial charge in [0.25, 0.3) is 11.8 Å². The van der Waals surface area contributed by atoms with Crippen LogP contribution in [0, 0.1) is 0 Å². The first kappa shape index (κ1) is 20.7. The lowest BCUT2D eigenvalue weighted by molar-refractivity contribution is 0.0846. The second-order valence-electron chi connectivity index (χ2n) is 6.85. The van der Waals surface area contributed by atoms with E-state index in [2.05, 4.69) is 26.3 Å². The second-order valence-corrected chi connectivity index (χ2v) is 6.85. The fraction of sp³-hybridized carbons (Fsp3) is 0.0870. The molecule has 9 heteroatoms. The Balaban J connectivity index is 1.33. The summed E-state index contributed by atoms with van der Waals surface area (Å²) in [6.07, 6.45) is 0. The molecule has 4 rings (SSSR count). The minimum Gasteiger partial charge on any atom is -0.497 e. The van der Waals surface area contributed by atoms with E-state index >= 15 is 0 Å². The molecule has 1 aromatic heterocycles. The van der Waals surface area contributed by atoms with Crippen LogP contribution >= 0.6 is 0 Å². The molecular formula is C23H20N6O3. The van der Waals surface area contributed by atoms with Gasteiger partial charge in [0.05, 0.1) is 13.7 Å². The molecular weight excluding hydrogens is 408 g/mol. The van der Waals surface area contributed by atoms with Crippen molar-refractivity contribution in [3.05, 3.63) is 95.6 Å². The number of hydrazine groups is 1. The van der Waals surface area contributed by atoms with Crippen molar-refractivity contribution in [1.82, 2.24) is 31.1 Å². The molecule has 0 aliphatic heterocycles. The standard InChI is InChI=1S/C23H20N6O3/c1-32-20-9-5-8-19(14-20)23(31)26-25-22(30)18-12-10-16(11-13-18)15-29-27-21(24-28-29)17-6-3-2-4-7-17/h2-14H,15H2,1H3,(H,25,30)(H,26,31). The molecule has 0 saturated carbocycles. The molecule has 32 heavy (non-hydrogen) atoms. The van der Waals surface area contributed by atoms with Crippen LogP contribution in [0.15, 0.2) is 78.9 Å². The van der Waals surface area contributed by atoms with Crippen LogP contribution in [0.1, 0.15) is 26.3 Å². The maximum absolute atomic E-state index is 12.3. The number of carbonyl (C=O) groups excluding carboxylic acids is 2. The topological polar surface area (TPSA) is 111 Å². The molecule has 0 aliphatic rings. The fourth-order valence-electron chi connectivity index (χ4n) is 2.96. The molecule has 0 saturated heterocycles. The summed E-state index contributed by atoms with van der Waals surface area (Å²) in [4.78, 5) is 26.0. The van der Waals surface area contributed by atoms with Crippen LogP contribution in [-0.4, -0.2) is 39.1 Å². The summed E-state index contributed by atoms with van der Waals surface area (Å²) < 4.78 is 5.10. The molecule has 2 N–H and O–H groups in total. The van der Waals surface area contributed by atoms with Crippen LogP contribution in [-0.2, 0) is 6.54 Å². The van der Waals surface area contributed by atoms with Crippen molar-refractivity contribution >= 4 is 11.8 Å². The first-order valence-electron chi connectivity index (χ1n) is 9.79. The molecule has 0 bridgehead atoms. The number of nitrogens with one attached hydrogen (secondary N) is 2. The molecule has 0 spiro atoms. The van der Waals surface area contributed by atoms with Crippen molar-refractivity contribution < 1.29 is 14.3 Å². The van der Waals surface area contributed by atoms with E-state index in [1.165, 1.54) is 11.9 Å². The third kappa shape index (κ3) is 4.96. The van der Waals surface area contributed by atoms with E-state index in [0.717, 1.165) is 11.1 Å². The Bertz CT molecular complexity index is 1220. The van der Waals surface area contributed by atoms with Crippen molar-refractivity contribution in [3.8, 4) is 17.1 Å². The predicted molar refractivity (Wildman–Crippen MR) is 117 cm³/mol. The number of methoxy groups -OCH3 is 1. The number of amides is 2. The van der Waals surface area contributed by atoms with Gasteiger partial charge in [-0.3, -0.25) is 20.4 Å². The van der Waals surface area contributed by atoms with Gasteiger partial charge in [-0.25, -0.2) is 0 Å². The zero-order valence-electron chi connectivity index (χ0n) is 17.2. The van der Waals surface area contributed by atoms with Gasteiger partial charge in [0, 0.05) is 16.7 Å². The lowest BCUT2D eigenvalue weighted by Gasteiger charge is -2.09. The van der Waals surface area contributed by atoms with Crippen LogP contribution in [0.5, 0.6) is 5.75 Å². The molecule has 1 heterocycles. The Hall–Kier alpha value is -4.53. The zero-order valence-corrected chi connectivity index (χ0v) is 17.2. The van der Waals surface area contributed by atoms with Gasteiger partial charge in [-0.05, 0) is 41.1 Å². The third-order valence-corrected chi connectivity index (χ3v) is 4.65. The van der Waals surface area contributed by atoms with Gasteiger partial charge < -0.3 is 4.74 Å². The van der Waals surface area contributed by atoms with Crippen LogP contribution < -0.4 is 15.6 Å². The molecule has 2 amide bonds. The normalized spacial score (nSPS) is 10.4. The summed E-state index contributed by atoms with van der Waals surface area (Å²) in [7, 11) is 1.52. The van der Waals surface area contributed by atoms with E-state index < -0.39 is 11.8 Å². The lowest BCUT2D eigenvalue weighted by Crippen LogP contribution is -2.41. The summed E-state index contributed by atoms with van der Waals surface area (Å²) in [6.45, 7) is 0.411. The molecule has 0 unspecified atom stereocenters. The first-order chi connectivity index (χ1) is 15.6. The number of tetrazole rings is 1. The van der Waals surface area contributed by atoms with Gasteiger partial charge in [-0.1, -0.05) is 48.5 Å². The summed E-state index contributed by atoms with van der Waals surface area (Å²) in [5.41, 5.74) is 7.36. The smallest absolute Gasteiger partial charge is 0.269 e. The Morgan fingerprint density at radius 1 is 0.875 bits per heavy atom. The third-order valence-electron chi connectivity index (χ3n) is 4.65. The van der Waals surface area contributed by atoms with Crippen molar-refractivity contribution in [2.75, 3.05) is 7.11 Å². The number of hydrogen-bond donors (Lipinski definition) is 2. The highest BCUT2D eigenvalue weighted by Gasteiger charge is 2.11. The van der Waals surface area contributed by atoms with Crippen molar-refractivity contribution in [2.24, 2.45) is 0 Å². The zero-order chi connectivity index (χ0) is 22.3. The van der Waals surface area contributed by atoms with Crippen LogP contribution in [0.25, 0.3) is 11.4 Å². The maximum atomic E-state index is 12.3. The van der Waals surface area contributed by atoms with Crippen LogP contribution in [0.4, 0.5) is 0 Å². The van der Waals surface area contributed by atoms with Gasteiger partial charge in [0.2, 0.25) is 5.82 Å². The molecule has 160 valence electrons. The highest BCUT2D eigenvalue weighted by molar-refractivity contribution is 5.99. The monoisotopic (exact) mass is 428 g/mol. The summed E-state index contributed by atoms with van der Waals surface area (Å²) in [5.74, 6) is 0.226. The van der Waals surface area contributed by atoms with E-state index in [1.54, 1.807) is 48.5 Å². The lowest BCUT2D eigenvalue weighted by atomic mass is 10.1. The van der Waals surface area contributed by atoms with E-state index in [0.29, 0.717) is 29.2 Å². The molecule has 3 aromatic carbocycles. The van der Waals surface area contributed by atoms with Gasteiger partial charge in [-0.2, -0.15) is 4.80 Å². The number of ether oxygens (including phenoxy) is 1. The van der Waals surface area contributed by atoms with Crippen molar-refractivity contribution in [3.63, 3.8) is 0 Å². The summed E-state index contributed by atoms with van der Waals surface area (Å²) in [6, 6.07) is 23.1. The first-order valence-corrected chi connectivity index (χ1v) is 9.79. The Labute approximate surface area is 184 Å². The Morgan fingerprint density at radius 3 is 2.31 bits per heavy atom. The summed E-state index contributed by atoms with van der Waals surface area (Å²) in [5, 5.41) is 12.5. The average molecular weight is 428 g/mol. The SMILES string of the molecule is COc1cccc(C(=O)NNC(=O)c2ccc(Cn3nnc(-c4ccccc4)n3)cc2)c1. The van der Waals surface area contributed by atoms with E-state index in [-0.39, 0.29) is 0 Å². The molecule has 0 aliphatic carbocycles. The molecule has 9 nitrogen and oxygen atoms in total. The van der Waals surface area contributed by atoms with Crippen LogP contribution in [0.3, 0.4) is 0 Å². The van der Waals surface area contributed by atoms with Crippen LogP contribution in [0.2, 0.25) is 0 Å². The largest absolute Gasteiger partial charge is 0.497 e. The fourth-order valence-corrected chi connectivity index (χ4v) is 2.96. The maximum Gasteiger partial charge on any atom is 0.269 e. The number of benzene rings is 3. The van der Waals surface area contributed by atoms with Gasteiger partial charge in [-0.15, -0.1) is 10.2 Å². The molecule has 0 atom stereocenters. The number of rotatable bonds is 6. The van der Waals surface area contributed by atoms with Gasteiger partial charge >= 0.3 is 0 Å². The number of nitrogens with zero attached hydrogens (tertiary/aromatic N) is 4. The quantitative estimate of drug-likeness (QED) is 0.457. The average Bonchev–Trinajstić information content (AvgIpc) is 3.32. The van der Waals surface area contributed by atoms with Gasteiger partial charge in [0.1, 0.15) is 5.75 Å². The highest BCUT2D eigenvalue weighted by Crippen LogP contribution is 2.13. The Kier molecular flexibility index (Phi) is 6.17. The van der Waals surface area contributed by atoms with Crippen molar-refractivity contribution in [2.45, 2.75) is 6.54 Å². The minimum absolute atomic E-state index is 0.371. The van der Waals surface area contributed by atoms with E-state index in [1.807, 2.05) is 30.3 Å². The molecule has 0 radical (unpaired) electrons. The number of carbonyl (C=O) groups is 2. The van der Waals surface area contributed by atoms with Crippen molar-refractivity contribution in [1.29, 1.82) is 0 Å². The minimum atomic E-state index is -0.444. The van der Waals surface area contributed by atoms with E-state index in [4.69, 9.17) is 4.74 Å².